The van der Waals surface area contributed by atoms with E-state index in [1.165, 1.54) is 11.8 Å². The van der Waals surface area contributed by atoms with Gasteiger partial charge in [0.05, 0.1) is 16.7 Å². The van der Waals surface area contributed by atoms with E-state index in [4.69, 9.17) is 21.4 Å². The maximum atomic E-state index is 13.1. The van der Waals surface area contributed by atoms with Crippen LogP contribution in [-0.2, 0) is 15.3 Å². The van der Waals surface area contributed by atoms with Gasteiger partial charge in [-0.2, -0.15) is 4.98 Å². The van der Waals surface area contributed by atoms with E-state index in [0.29, 0.717) is 44.2 Å². The number of ether oxygens (including phenoxy) is 1. The van der Waals surface area contributed by atoms with Crippen LogP contribution in [0.2, 0.25) is 5.02 Å². The zero-order valence-electron chi connectivity index (χ0n) is 18.7. The molecule has 0 fully saturated rings. The van der Waals surface area contributed by atoms with Crippen molar-refractivity contribution in [2.75, 3.05) is 11.9 Å². The minimum absolute atomic E-state index is 0.111. The topological polar surface area (TPSA) is 89.3 Å². The lowest BCUT2D eigenvalue weighted by Crippen LogP contribution is -2.29. The largest absolute Gasteiger partial charge is 0.507 e. The molecule has 0 radical (unpaired) electrons. The van der Waals surface area contributed by atoms with E-state index in [9.17, 15) is 9.90 Å². The number of nitrogens with zero attached hydrogens (tertiary/aromatic N) is 3. The van der Waals surface area contributed by atoms with Crippen molar-refractivity contribution >= 4 is 51.2 Å². The normalized spacial score (nSPS) is 15.1. The third-order valence-electron chi connectivity index (χ3n) is 5.39. The number of hydrogen-bond acceptors (Lipinski definition) is 7. The summed E-state index contributed by atoms with van der Waals surface area (Å²) in [6.07, 6.45) is 1.72. The molecule has 2 heterocycles. The van der Waals surface area contributed by atoms with Crippen LogP contribution in [-0.4, -0.2) is 32.4 Å². The Hall–Kier alpha value is -2.49. The fourth-order valence-corrected chi connectivity index (χ4v) is 5.11. The molecule has 34 heavy (non-hydrogen) atoms. The van der Waals surface area contributed by atoms with E-state index >= 15 is 0 Å². The molecule has 0 spiro atoms. The average molecular weight is 564 g/mol. The molecule has 2 aromatic carbocycles. The summed E-state index contributed by atoms with van der Waals surface area (Å²) in [6, 6.07) is 12.2. The second kappa shape index (κ2) is 10.8. The van der Waals surface area contributed by atoms with E-state index in [-0.39, 0.29) is 5.75 Å². The van der Waals surface area contributed by atoms with Gasteiger partial charge in [-0.25, -0.2) is 9.48 Å². The summed E-state index contributed by atoms with van der Waals surface area (Å²) in [6.45, 7) is 4.22. The van der Waals surface area contributed by atoms with E-state index in [2.05, 4.69) is 26.2 Å². The Bertz CT molecular complexity index is 1250. The third-order valence-corrected chi connectivity index (χ3v) is 7.28. The summed E-state index contributed by atoms with van der Waals surface area (Å²) in [5.74, 6) is 0.842. The number of fused-ring (bicyclic) bond motifs is 1. The molecule has 3 aromatic rings. The van der Waals surface area contributed by atoms with Crippen molar-refractivity contribution in [2.45, 2.75) is 43.6 Å². The molecule has 10 heteroatoms. The predicted octanol–water partition coefficient (Wildman–Crippen LogP) is 6.32. The first-order valence-electron chi connectivity index (χ1n) is 10.8. The summed E-state index contributed by atoms with van der Waals surface area (Å²) < 4.78 is 7.77. The number of aromatic hydroxyl groups is 1. The highest BCUT2D eigenvalue weighted by Gasteiger charge is 2.35. The third kappa shape index (κ3) is 5.26. The maximum Gasteiger partial charge on any atom is 0.338 e. The molecular formula is C24H24BrClN4O3S. The molecule has 178 valence electrons. The zero-order valence-corrected chi connectivity index (χ0v) is 21.9. The lowest BCUT2D eigenvalue weighted by Gasteiger charge is -2.28. The smallest absolute Gasteiger partial charge is 0.338 e. The number of phenols is 1. The summed E-state index contributed by atoms with van der Waals surface area (Å²) in [5, 5.41) is 19.2. The first kappa shape index (κ1) is 24.6. The number of allylic oxidation sites excluding steroid dienone is 1. The number of anilines is 1. The second-order valence-electron chi connectivity index (χ2n) is 7.81. The van der Waals surface area contributed by atoms with Crippen molar-refractivity contribution in [3.63, 3.8) is 0 Å². The predicted molar refractivity (Wildman–Crippen MR) is 137 cm³/mol. The Morgan fingerprint density at radius 3 is 2.85 bits per heavy atom. The Morgan fingerprint density at radius 2 is 2.12 bits per heavy atom. The van der Waals surface area contributed by atoms with Crippen LogP contribution >= 0.6 is 39.3 Å². The summed E-state index contributed by atoms with van der Waals surface area (Å²) in [4.78, 5) is 17.8. The van der Waals surface area contributed by atoms with Gasteiger partial charge in [0.15, 0.2) is 0 Å². The van der Waals surface area contributed by atoms with Crippen molar-refractivity contribution in [2.24, 2.45) is 0 Å². The zero-order chi connectivity index (χ0) is 24.2. The number of nitrogens with one attached hydrogen (secondary N) is 1. The number of hydrogen-bond donors (Lipinski definition) is 2. The van der Waals surface area contributed by atoms with Gasteiger partial charge >= 0.3 is 5.97 Å². The monoisotopic (exact) mass is 562 g/mol. The number of unbranched alkanes of at least 4 members (excludes halogenated alkanes) is 1. The van der Waals surface area contributed by atoms with Gasteiger partial charge in [0, 0.05) is 16.5 Å². The Balaban J connectivity index is 1.69. The minimum atomic E-state index is -0.565. The van der Waals surface area contributed by atoms with Gasteiger partial charge in [-0.05, 0) is 58.6 Å². The van der Waals surface area contributed by atoms with E-state index in [1.807, 2.05) is 38.1 Å². The lowest BCUT2D eigenvalue weighted by molar-refractivity contribution is -0.139. The number of carbonyl (C=O) groups excluding carboxylic acids is 1. The van der Waals surface area contributed by atoms with Crippen molar-refractivity contribution in [1.29, 1.82) is 0 Å². The van der Waals surface area contributed by atoms with E-state index in [1.54, 1.807) is 22.9 Å². The van der Waals surface area contributed by atoms with Crippen LogP contribution in [0, 0.1) is 0 Å². The number of rotatable bonds is 8. The van der Waals surface area contributed by atoms with Crippen molar-refractivity contribution < 1.29 is 14.6 Å². The lowest BCUT2D eigenvalue weighted by atomic mass is 9.96. The van der Waals surface area contributed by atoms with Crippen LogP contribution in [0.25, 0.3) is 0 Å². The molecule has 2 N–H and O–H groups in total. The Morgan fingerprint density at radius 1 is 1.32 bits per heavy atom. The van der Waals surface area contributed by atoms with Crippen LogP contribution in [0.1, 0.15) is 43.9 Å². The molecule has 0 amide bonds. The van der Waals surface area contributed by atoms with Gasteiger partial charge in [0.25, 0.3) is 0 Å². The molecule has 0 saturated heterocycles. The fourth-order valence-electron chi connectivity index (χ4n) is 3.60. The van der Waals surface area contributed by atoms with Crippen LogP contribution in [0.15, 0.2) is 63.4 Å². The molecule has 1 atom stereocenters. The molecule has 4 rings (SSSR count). The molecule has 0 saturated carbocycles. The maximum absolute atomic E-state index is 13.1. The minimum Gasteiger partial charge on any atom is -0.507 e. The Labute approximate surface area is 215 Å². The van der Waals surface area contributed by atoms with E-state index in [0.717, 1.165) is 24.0 Å². The summed E-state index contributed by atoms with van der Waals surface area (Å²) in [5.41, 5.74) is 2.86. The number of benzene rings is 2. The molecule has 0 aliphatic carbocycles. The van der Waals surface area contributed by atoms with Crippen LogP contribution in [0.3, 0.4) is 0 Å². The molecule has 1 aliphatic rings. The van der Waals surface area contributed by atoms with Gasteiger partial charge in [0.2, 0.25) is 11.1 Å². The molecular weight excluding hydrogens is 540 g/mol. The molecule has 1 unspecified atom stereocenters. The number of esters is 1. The molecule has 7 nitrogen and oxygen atoms in total. The summed E-state index contributed by atoms with van der Waals surface area (Å²) >= 11 is 11.1. The highest BCUT2D eigenvalue weighted by atomic mass is 79.9. The van der Waals surface area contributed by atoms with Crippen LogP contribution < -0.4 is 5.32 Å². The standard InChI is InChI=1S/C24H24BrClN4O3S/c1-3-4-11-33-22(32)20-14(2)27-23-28-24(34-13-16-7-5-6-8-18(16)26)29-30(23)21(20)15-9-10-19(31)17(25)12-15/h5-10,12,21,31H,3-4,11,13H2,1-2H3,(H,27,28,29). The quantitative estimate of drug-likeness (QED) is 0.188. The number of thioether (sulfide) groups is 1. The van der Waals surface area contributed by atoms with Crippen molar-refractivity contribution in [1.82, 2.24) is 14.8 Å². The van der Waals surface area contributed by atoms with Crippen LogP contribution in [0.4, 0.5) is 5.95 Å². The van der Waals surface area contributed by atoms with Gasteiger partial charge < -0.3 is 15.2 Å². The van der Waals surface area contributed by atoms with E-state index < -0.39 is 12.0 Å². The van der Waals surface area contributed by atoms with Crippen molar-refractivity contribution in [3.8, 4) is 5.75 Å². The molecule has 1 aliphatic heterocycles. The number of halogens is 2. The first-order chi connectivity index (χ1) is 16.4. The van der Waals surface area contributed by atoms with Crippen LogP contribution in [0.5, 0.6) is 5.75 Å². The number of carbonyl (C=O) groups is 1. The average Bonchev–Trinajstić information content (AvgIpc) is 3.22. The number of aromatic nitrogens is 3. The van der Waals surface area contributed by atoms with Gasteiger partial charge in [-0.3, -0.25) is 0 Å². The van der Waals surface area contributed by atoms with Crippen molar-refractivity contribution in [3.05, 3.63) is 74.4 Å². The SMILES string of the molecule is CCCCOC(=O)C1=C(C)Nc2nc(SCc3ccccc3Cl)nn2C1c1ccc(O)c(Br)c1. The number of phenolic OH excluding ortho intramolecular Hbond substituents is 1. The second-order valence-corrected chi connectivity index (χ2v) is 10.0. The first-order valence-corrected chi connectivity index (χ1v) is 13.0. The van der Waals surface area contributed by atoms with Gasteiger partial charge in [0.1, 0.15) is 11.8 Å². The Kier molecular flexibility index (Phi) is 7.85. The van der Waals surface area contributed by atoms with Gasteiger partial charge in [-0.15, -0.1) is 5.10 Å². The highest BCUT2D eigenvalue weighted by Crippen LogP contribution is 2.39. The summed E-state index contributed by atoms with van der Waals surface area (Å²) in [7, 11) is 0. The highest BCUT2D eigenvalue weighted by molar-refractivity contribution is 9.10. The van der Waals surface area contributed by atoms with Gasteiger partial charge in [-0.1, -0.05) is 61.0 Å². The molecule has 0 bridgehead atoms. The molecule has 1 aromatic heterocycles. The fraction of sp³-hybridized carbons (Fsp3) is 0.292.